The summed E-state index contributed by atoms with van der Waals surface area (Å²) in [4.78, 5) is 13.9. The molecule has 1 rings (SSSR count). The number of hydrogen-bond donors (Lipinski definition) is 1. The van der Waals surface area contributed by atoms with Crippen LogP contribution in [0.15, 0.2) is 18.3 Å². The van der Waals surface area contributed by atoms with Crippen LogP contribution in [0.4, 0.5) is 13.2 Å². The second-order valence-electron chi connectivity index (χ2n) is 2.51. The van der Waals surface area contributed by atoms with Gasteiger partial charge in [0.15, 0.2) is 0 Å². The molecule has 0 aliphatic rings. The van der Waals surface area contributed by atoms with Crippen molar-refractivity contribution in [2.45, 2.75) is 6.18 Å². The SMILES string of the molecule is NC(=O)[CH]c1cc(C(F)(F)F)ccn1. The Morgan fingerprint density at radius 3 is 2.64 bits per heavy atom. The van der Waals surface area contributed by atoms with Crippen LogP contribution in [0.2, 0.25) is 0 Å². The van der Waals surface area contributed by atoms with Crippen molar-refractivity contribution in [3.05, 3.63) is 36.0 Å². The number of rotatable bonds is 2. The molecule has 1 radical (unpaired) electrons. The van der Waals surface area contributed by atoms with Crippen LogP contribution in [0.25, 0.3) is 0 Å². The molecule has 0 fully saturated rings. The Kier molecular flexibility index (Phi) is 2.73. The van der Waals surface area contributed by atoms with E-state index in [-0.39, 0.29) is 5.69 Å². The average Bonchev–Trinajstić information content (AvgIpc) is 2.01. The molecule has 0 aromatic carbocycles. The summed E-state index contributed by atoms with van der Waals surface area (Å²) in [5, 5.41) is 0. The summed E-state index contributed by atoms with van der Waals surface area (Å²) in [5.41, 5.74) is 3.80. The van der Waals surface area contributed by atoms with Crippen molar-refractivity contribution in [3.8, 4) is 0 Å². The maximum atomic E-state index is 12.1. The maximum Gasteiger partial charge on any atom is 0.416 e. The molecular formula is C8H6F3N2O. The van der Waals surface area contributed by atoms with Gasteiger partial charge in [0.2, 0.25) is 5.91 Å². The highest BCUT2D eigenvalue weighted by Gasteiger charge is 2.30. The maximum absolute atomic E-state index is 12.1. The number of pyridine rings is 1. The first kappa shape index (κ1) is 10.5. The zero-order valence-corrected chi connectivity index (χ0v) is 6.88. The summed E-state index contributed by atoms with van der Waals surface area (Å²) < 4.78 is 36.4. The number of hydrogen-bond acceptors (Lipinski definition) is 2. The van der Waals surface area contributed by atoms with Gasteiger partial charge in [0.05, 0.1) is 17.7 Å². The average molecular weight is 203 g/mol. The lowest BCUT2D eigenvalue weighted by atomic mass is 10.2. The Morgan fingerprint density at radius 2 is 2.14 bits per heavy atom. The number of primary amides is 1. The highest BCUT2D eigenvalue weighted by Crippen LogP contribution is 2.29. The van der Waals surface area contributed by atoms with Gasteiger partial charge in [-0.05, 0) is 12.1 Å². The van der Waals surface area contributed by atoms with E-state index < -0.39 is 17.6 Å². The smallest absolute Gasteiger partial charge is 0.369 e. The normalized spacial score (nSPS) is 11.4. The minimum Gasteiger partial charge on any atom is -0.369 e. The minimum atomic E-state index is -4.44. The fourth-order valence-electron chi connectivity index (χ4n) is 0.849. The summed E-state index contributed by atoms with van der Waals surface area (Å²) in [6.07, 6.45) is -2.64. The van der Waals surface area contributed by atoms with Gasteiger partial charge in [0, 0.05) is 6.20 Å². The molecule has 1 amide bonds. The number of nitrogens with zero attached hydrogens (tertiary/aromatic N) is 1. The molecule has 0 unspecified atom stereocenters. The van der Waals surface area contributed by atoms with Gasteiger partial charge in [0.1, 0.15) is 0 Å². The van der Waals surface area contributed by atoms with Gasteiger partial charge in [-0.15, -0.1) is 0 Å². The molecule has 1 heterocycles. The summed E-state index contributed by atoms with van der Waals surface area (Å²) in [6.45, 7) is 0. The molecule has 2 N–H and O–H groups in total. The summed E-state index contributed by atoms with van der Waals surface area (Å²) in [6, 6.07) is 1.57. The Bertz CT molecular complexity index is 349. The first-order valence-electron chi connectivity index (χ1n) is 3.57. The van der Waals surface area contributed by atoms with Crippen LogP contribution < -0.4 is 5.73 Å². The van der Waals surface area contributed by atoms with Gasteiger partial charge < -0.3 is 5.73 Å². The van der Waals surface area contributed by atoms with E-state index >= 15 is 0 Å². The number of halogens is 3. The van der Waals surface area contributed by atoms with Crippen molar-refractivity contribution in [1.82, 2.24) is 4.98 Å². The third-order valence-electron chi connectivity index (χ3n) is 1.40. The molecule has 0 atom stereocenters. The second-order valence-corrected chi connectivity index (χ2v) is 2.51. The molecule has 1 aromatic heterocycles. The molecule has 1 aromatic rings. The van der Waals surface area contributed by atoms with Crippen molar-refractivity contribution in [2.75, 3.05) is 0 Å². The van der Waals surface area contributed by atoms with Crippen molar-refractivity contribution in [2.24, 2.45) is 5.73 Å². The van der Waals surface area contributed by atoms with Crippen LogP contribution in [0, 0.1) is 6.42 Å². The molecule has 0 bridgehead atoms. The van der Waals surface area contributed by atoms with Gasteiger partial charge in [0.25, 0.3) is 0 Å². The monoisotopic (exact) mass is 203 g/mol. The number of nitrogens with two attached hydrogens (primary N) is 1. The molecule has 0 aliphatic carbocycles. The Labute approximate surface area is 77.7 Å². The van der Waals surface area contributed by atoms with Crippen LogP contribution in [0.1, 0.15) is 11.3 Å². The van der Waals surface area contributed by atoms with Crippen LogP contribution in [0.5, 0.6) is 0 Å². The van der Waals surface area contributed by atoms with Crippen LogP contribution in [-0.2, 0) is 11.0 Å². The van der Waals surface area contributed by atoms with Crippen molar-refractivity contribution >= 4 is 5.91 Å². The van der Waals surface area contributed by atoms with Crippen molar-refractivity contribution in [1.29, 1.82) is 0 Å². The van der Waals surface area contributed by atoms with Crippen LogP contribution in [0.3, 0.4) is 0 Å². The van der Waals surface area contributed by atoms with E-state index in [0.717, 1.165) is 24.8 Å². The van der Waals surface area contributed by atoms with Gasteiger partial charge in [-0.1, -0.05) is 0 Å². The van der Waals surface area contributed by atoms with E-state index in [2.05, 4.69) is 4.98 Å². The largest absolute Gasteiger partial charge is 0.416 e. The zero-order valence-electron chi connectivity index (χ0n) is 6.88. The second kappa shape index (κ2) is 3.65. The third-order valence-corrected chi connectivity index (χ3v) is 1.40. The van der Waals surface area contributed by atoms with Crippen molar-refractivity contribution < 1.29 is 18.0 Å². The number of amides is 1. The summed E-state index contributed by atoms with van der Waals surface area (Å²) in [7, 11) is 0. The lowest BCUT2D eigenvalue weighted by molar-refractivity contribution is -0.137. The lowest BCUT2D eigenvalue weighted by Crippen LogP contribution is -2.13. The Morgan fingerprint density at radius 1 is 1.50 bits per heavy atom. The predicted octanol–water partition coefficient (Wildman–Crippen LogP) is 1.14. The van der Waals surface area contributed by atoms with Gasteiger partial charge in [-0.3, -0.25) is 9.78 Å². The molecule has 0 saturated heterocycles. The third kappa shape index (κ3) is 2.72. The minimum absolute atomic E-state index is 0.104. The lowest BCUT2D eigenvalue weighted by Gasteiger charge is -2.06. The summed E-state index contributed by atoms with van der Waals surface area (Å²) in [5.74, 6) is -0.836. The van der Waals surface area contributed by atoms with E-state index in [1.54, 1.807) is 0 Å². The first-order chi connectivity index (χ1) is 6.39. The predicted molar refractivity (Wildman–Crippen MR) is 41.8 cm³/mol. The van der Waals surface area contributed by atoms with Gasteiger partial charge in [-0.2, -0.15) is 13.2 Å². The molecule has 75 valence electrons. The number of alkyl halides is 3. The van der Waals surface area contributed by atoms with Gasteiger partial charge in [-0.25, -0.2) is 0 Å². The van der Waals surface area contributed by atoms with Crippen LogP contribution >= 0.6 is 0 Å². The first-order valence-corrected chi connectivity index (χ1v) is 3.57. The highest BCUT2D eigenvalue weighted by atomic mass is 19.4. The van der Waals surface area contributed by atoms with Crippen molar-refractivity contribution in [3.63, 3.8) is 0 Å². The Balaban J connectivity index is 2.95. The quantitative estimate of drug-likeness (QED) is 0.783. The Hall–Kier alpha value is -1.59. The summed E-state index contributed by atoms with van der Waals surface area (Å²) >= 11 is 0. The fraction of sp³-hybridized carbons (Fsp3) is 0.125. The number of aromatic nitrogens is 1. The molecular weight excluding hydrogens is 197 g/mol. The fourth-order valence-corrected chi connectivity index (χ4v) is 0.849. The molecule has 6 heteroatoms. The number of carbonyl (C=O) groups is 1. The highest BCUT2D eigenvalue weighted by molar-refractivity contribution is 5.86. The topological polar surface area (TPSA) is 56.0 Å². The molecule has 0 saturated carbocycles. The molecule has 0 aliphatic heterocycles. The molecule has 14 heavy (non-hydrogen) atoms. The van der Waals surface area contributed by atoms with Gasteiger partial charge >= 0.3 is 6.18 Å². The molecule has 3 nitrogen and oxygen atoms in total. The zero-order chi connectivity index (χ0) is 10.8. The molecule has 0 spiro atoms. The van der Waals surface area contributed by atoms with E-state index in [1.165, 1.54) is 0 Å². The number of carbonyl (C=O) groups excluding carboxylic acids is 1. The van der Waals surface area contributed by atoms with E-state index in [1.807, 2.05) is 0 Å². The van der Waals surface area contributed by atoms with E-state index in [9.17, 15) is 18.0 Å². The van der Waals surface area contributed by atoms with E-state index in [4.69, 9.17) is 5.73 Å². The standard InChI is InChI=1S/C8H6F3N2O/c9-8(10,11)5-1-2-13-6(3-5)4-7(12)14/h1-4H,(H2,12,14). The van der Waals surface area contributed by atoms with E-state index in [0.29, 0.717) is 0 Å². The van der Waals surface area contributed by atoms with Crippen LogP contribution in [-0.4, -0.2) is 10.9 Å².